The van der Waals surface area contributed by atoms with E-state index in [1.165, 1.54) is 12.1 Å². The first-order valence-corrected chi connectivity index (χ1v) is 8.62. The highest BCUT2D eigenvalue weighted by atomic mass is 32.2. The molecule has 1 heterocycles. The van der Waals surface area contributed by atoms with Crippen molar-refractivity contribution in [3.8, 4) is 11.5 Å². The summed E-state index contributed by atoms with van der Waals surface area (Å²) in [4.78, 5) is 0.175. The number of aliphatic hydroxyl groups is 1. The maximum atomic E-state index is 12.2. The Hall–Kier alpha value is -1.31. The predicted molar refractivity (Wildman–Crippen MR) is 78.2 cm³/mol. The van der Waals surface area contributed by atoms with E-state index in [0.29, 0.717) is 44.1 Å². The second kappa shape index (κ2) is 7.63. The molecule has 7 heteroatoms. The van der Waals surface area contributed by atoms with Gasteiger partial charge in [-0.1, -0.05) is 0 Å². The summed E-state index contributed by atoms with van der Waals surface area (Å²) in [7, 11) is -3.54. The van der Waals surface area contributed by atoms with Crippen molar-refractivity contribution in [3.05, 3.63) is 18.2 Å². The number of hydrogen-bond acceptors (Lipinski definition) is 5. The normalized spacial score (nSPS) is 14.7. The lowest BCUT2D eigenvalue weighted by Gasteiger charge is -2.10. The van der Waals surface area contributed by atoms with Crippen LogP contribution in [0.1, 0.15) is 25.7 Å². The Bertz CT molecular complexity index is 558. The zero-order chi connectivity index (χ0) is 15.1. The Morgan fingerprint density at radius 2 is 1.86 bits per heavy atom. The van der Waals surface area contributed by atoms with Crippen molar-refractivity contribution in [1.29, 1.82) is 0 Å². The van der Waals surface area contributed by atoms with E-state index in [-0.39, 0.29) is 11.5 Å². The standard InChI is InChI=1S/C14H21NO5S/c16-8-3-1-2-7-15-21(17,18)12-5-6-13-14(11-12)20-10-4-9-19-13/h5-6,11,15-16H,1-4,7-10H2. The zero-order valence-electron chi connectivity index (χ0n) is 11.9. The number of aliphatic hydroxyl groups excluding tert-OH is 1. The van der Waals surface area contributed by atoms with Gasteiger partial charge in [0.05, 0.1) is 18.1 Å². The second-order valence-electron chi connectivity index (χ2n) is 4.84. The van der Waals surface area contributed by atoms with Crippen molar-refractivity contribution in [1.82, 2.24) is 4.72 Å². The van der Waals surface area contributed by atoms with Crippen molar-refractivity contribution in [2.75, 3.05) is 26.4 Å². The third-order valence-electron chi connectivity index (χ3n) is 3.16. The highest BCUT2D eigenvalue weighted by Crippen LogP contribution is 2.31. The van der Waals surface area contributed by atoms with Gasteiger partial charge in [-0.2, -0.15) is 0 Å². The number of sulfonamides is 1. The SMILES string of the molecule is O=S(=O)(NCCCCCO)c1ccc2c(c1)OCCCO2. The number of hydrogen-bond donors (Lipinski definition) is 2. The number of rotatable bonds is 7. The molecule has 1 aliphatic rings. The van der Waals surface area contributed by atoms with E-state index < -0.39 is 10.0 Å². The van der Waals surface area contributed by atoms with Gasteiger partial charge >= 0.3 is 0 Å². The van der Waals surface area contributed by atoms with Crippen LogP contribution in [0.2, 0.25) is 0 Å². The van der Waals surface area contributed by atoms with E-state index in [9.17, 15) is 8.42 Å². The summed E-state index contributed by atoms with van der Waals surface area (Å²) in [6.45, 7) is 1.58. The van der Waals surface area contributed by atoms with E-state index in [1.807, 2.05) is 0 Å². The zero-order valence-corrected chi connectivity index (χ0v) is 12.7. The van der Waals surface area contributed by atoms with Gasteiger partial charge in [-0.15, -0.1) is 0 Å². The minimum atomic E-state index is -3.54. The Morgan fingerprint density at radius 3 is 2.62 bits per heavy atom. The van der Waals surface area contributed by atoms with E-state index >= 15 is 0 Å². The van der Waals surface area contributed by atoms with E-state index in [2.05, 4.69) is 4.72 Å². The fourth-order valence-electron chi connectivity index (χ4n) is 2.01. The van der Waals surface area contributed by atoms with Crippen LogP contribution in [0.5, 0.6) is 11.5 Å². The number of unbranched alkanes of at least 4 members (excludes halogenated alkanes) is 2. The summed E-state index contributed by atoms with van der Waals surface area (Å²) in [5, 5.41) is 8.67. The molecular formula is C14H21NO5S. The maximum Gasteiger partial charge on any atom is 0.240 e. The molecule has 0 aliphatic carbocycles. The first kappa shape index (κ1) is 16.1. The van der Waals surface area contributed by atoms with Crippen molar-refractivity contribution < 1.29 is 23.0 Å². The van der Waals surface area contributed by atoms with E-state index in [4.69, 9.17) is 14.6 Å². The van der Waals surface area contributed by atoms with Gasteiger partial charge in [-0.3, -0.25) is 0 Å². The third kappa shape index (κ3) is 4.59. The Balaban J connectivity index is 2.01. The Labute approximate surface area is 125 Å². The molecule has 0 fully saturated rings. The lowest BCUT2D eigenvalue weighted by molar-refractivity contribution is 0.283. The molecule has 0 bridgehead atoms. The van der Waals surface area contributed by atoms with Crippen molar-refractivity contribution in [2.24, 2.45) is 0 Å². The average Bonchev–Trinajstić information content (AvgIpc) is 2.71. The highest BCUT2D eigenvalue weighted by molar-refractivity contribution is 7.89. The van der Waals surface area contributed by atoms with Gasteiger partial charge in [0.1, 0.15) is 0 Å². The fourth-order valence-corrected chi connectivity index (χ4v) is 3.10. The van der Waals surface area contributed by atoms with Crippen LogP contribution >= 0.6 is 0 Å². The monoisotopic (exact) mass is 315 g/mol. The molecule has 2 N–H and O–H groups in total. The van der Waals surface area contributed by atoms with Crippen LogP contribution in [0, 0.1) is 0 Å². The lowest BCUT2D eigenvalue weighted by atomic mass is 10.2. The molecule has 6 nitrogen and oxygen atoms in total. The van der Waals surface area contributed by atoms with Crippen LogP contribution in [-0.2, 0) is 10.0 Å². The molecular weight excluding hydrogens is 294 g/mol. The molecule has 118 valence electrons. The summed E-state index contributed by atoms with van der Waals surface area (Å²) in [6.07, 6.45) is 2.95. The first-order chi connectivity index (χ1) is 10.1. The van der Waals surface area contributed by atoms with Gasteiger partial charge in [0.25, 0.3) is 0 Å². The van der Waals surface area contributed by atoms with Crippen molar-refractivity contribution >= 4 is 10.0 Å². The minimum Gasteiger partial charge on any atom is -0.490 e. The summed E-state index contributed by atoms with van der Waals surface area (Å²) in [5.41, 5.74) is 0. The number of fused-ring (bicyclic) bond motifs is 1. The fraction of sp³-hybridized carbons (Fsp3) is 0.571. The van der Waals surface area contributed by atoms with Crippen LogP contribution in [0.25, 0.3) is 0 Å². The van der Waals surface area contributed by atoms with Gasteiger partial charge in [0.2, 0.25) is 10.0 Å². The second-order valence-corrected chi connectivity index (χ2v) is 6.61. The Morgan fingerprint density at radius 1 is 1.10 bits per heavy atom. The smallest absolute Gasteiger partial charge is 0.240 e. The quantitative estimate of drug-likeness (QED) is 0.741. The summed E-state index contributed by atoms with van der Waals surface area (Å²) in [5.74, 6) is 1.05. The van der Waals surface area contributed by atoms with Gasteiger partial charge in [-0.25, -0.2) is 13.1 Å². The lowest BCUT2D eigenvalue weighted by Crippen LogP contribution is -2.24. The number of ether oxygens (including phenoxy) is 2. The predicted octanol–water partition coefficient (Wildman–Crippen LogP) is 1.29. The van der Waals surface area contributed by atoms with Gasteiger partial charge in [0, 0.05) is 25.6 Å². The van der Waals surface area contributed by atoms with E-state index in [0.717, 1.165) is 12.8 Å². The van der Waals surface area contributed by atoms with Crippen molar-refractivity contribution in [3.63, 3.8) is 0 Å². The molecule has 1 aromatic rings. The maximum absolute atomic E-state index is 12.2. The molecule has 2 rings (SSSR count). The molecule has 0 aromatic heterocycles. The Kier molecular flexibility index (Phi) is 5.84. The highest BCUT2D eigenvalue weighted by Gasteiger charge is 2.18. The largest absolute Gasteiger partial charge is 0.490 e. The van der Waals surface area contributed by atoms with Gasteiger partial charge < -0.3 is 14.6 Å². The first-order valence-electron chi connectivity index (χ1n) is 7.13. The molecule has 0 unspecified atom stereocenters. The van der Waals surface area contributed by atoms with Crippen LogP contribution in [-0.4, -0.2) is 39.9 Å². The molecule has 0 spiro atoms. The molecule has 21 heavy (non-hydrogen) atoms. The van der Waals surface area contributed by atoms with Gasteiger partial charge in [-0.05, 0) is 31.4 Å². The molecule has 0 atom stereocenters. The van der Waals surface area contributed by atoms with Crippen LogP contribution < -0.4 is 14.2 Å². The molecule has 1 aliphatic heterocycles. The third-order valence-corrected chi connectivity index (χ3v) is 4.61. The van der Waals surface area contributed by atoms with Crippen LogP contribution in [0.15, 0.2) is 23.1 Å². The summed E-state index contributed by atoms with van der Waals surface area (Å²) < 4.78 is 37.9. The van der Waals surface area contributed by atoms with E-state index in [1.54, 1.807) is 6.07 Å². The molecule has 1 aromatic carbocycles. The molecule has 0 amide bonds. The molecule has 0 saturated heterocycles. The van der Waals surface area contributed by atoms with Crippen LogP contribution in [0.3, 0.4) is 0 Å². The summed E-state index contributed by atoms with van der Waals surface area (Å²) >= 11 is 0. The topological polar surface area (TPSA) is 84.9 Å². The molecule has 0 saturated carbocycles. The van der Waals surface area contributed by atoms with Crippen molar-refractivity contribution in [2.45, 2.75) is 30.6 Å². The number of nitrogens with one attached hydrogen (secondary N) is 1. The average molecular weight is 315 g/mol. The minimum absolute atomic E-state index is 0.134. The number of benzene rings is 1. The van der Waals surface area contributed by atoms with Crippen LogP contribution in [0.4, 0.5) is 0 Å². The molecule has 0 radical (unpaired) electrons. The summed E-state index contributed by atoms with van der Waals surface area (Å²) in [6, 6.07) is 4.64. The van der Waals surface area contributed by atoms with Gasteiger partial charge in [0.15, 0.2) is 11.5 Å².